The molecule has 10 heteroatoms. The number of H-pyrrole nitrogens is 1. The van der Waals surface area contributed by atoms with Gasteiger partial charge in [-0.05, 0) is 36.4 Å². The summed E-state index contributed by atoms with van der Waals surface area (Å²) >= 11 is 5.99. The SMILES string of the molecule is COc1cc(/C(=N\Nc2ccc(Cl)cc2)c2nc(-c3ccccc3)n[nH]c2=O)cc(OC)c1OC. The van der Waals surface area contributed by atoms with Gasteiger partial charge >= 0.3 is 0 Å². The molecule has 35 heavy (non-hydrogen) atoms. The maximum Gasteiger partial charge on any atom is 0.292 e. The molecule has 4 aromatic rings. The van der Waals surface area contributed by atoms with E-state index in [0.29, 0.717) is 39.3 Å². The second-order valence-electron chi connectivity index (χ2n) is 7.20. The van der Waals surface area contributed by atoms with Gasteiger partial charge in [0.1, 0.15) is 5.71 Å². The molecule has 0 amide bonds. The topological polar surface area (TPSA) is 111 Å². The summed E-state index contributed by atoms with van der Waals surface area (Å²) in [5, 5.41) is 11.7. The predicted octanol–water partition coefficient (Wildman–Crippen LogP) is 4.38. The van der Waals surface area contributed by atoms with E-state index in [4.69, 9.17) is 25.8 Å². The molecule has 0 atom stereocenters. The van der Waals surface area contributed by atoms with Gasteiger partial charge in [-0.25, -0.2) is 10.1 Å². The van der Waals surface area contributed by atoms with Crippen LogP contribution in [-0.2, 0) is 0 Å². The number of anilines is 1. The summed E-state index contributed by atoms with van der Waals surface area (Å²) in [6.07, 6.45) is 0. The average molecular weight is 492 g/mol. The molecular formula is C25H22ClN5O4. The summed E-state index contributed by atoms with van der Waals surface area (Å²) in [4.78, 5) is 17.5. The number of benzene rings is 3. The predicted molar refractivity (Wildman–Crippen MR) is 135 cm³/mol. The third kappa shape index (κ3) is 5.25. The van der Waals surface area contributed by atoms with Crippen LogP contribution >= 0.6 is 11.6 Å². The third-order valence-electron chi connectivity index (χ3n) is 5.03. The largest absolute Gasteiger partial charge is 0.493 e. The number of ether oxygens (including phenoxy) is 3. The minimum atomic E-state index is -0.518. The Morgan fingerprint density at radius 2 is 1.60 bits per heavy atom. The van der Waals surface area contributed by atoms with Gasteiger partial charge in [-0.1, -0.05) is 41.9 Å². The van der Waals surface area contributed by atoms with E-state index in [1.54, 1.807) is 36.4 Å². The molecule has 0 unspecified atom stereocenters. The van der Waals surface area contributed by atoms with Crippen molar-refractivity contribution in [3.63, 3.8) is 0 Å². The molecule has 0 bridgehead atoms. The van der Waals surface area contributed by atoms with Crippen LogP contribution in [0.2, 0.25) is 5.02 Å². The lowest BCUT2D eigenvalue weighted by Crippen LogP contribution is -2.24. The van der Waals surface area contributed by atoms with Crippen molar-refractivity contribution in [2.75, 3.05) is 26.8 Å². The van der Waals surface area contributed by atoms with Crippen LogP contribution in [0.15, 0.2) is 76.6 Å². The van der Waals surface area contributed by atoms with Crippen LogP contribution in [0.4, 0.5) is 5.69 Å². The lowest BCUT2D eigenvalue weighted by atomic mass is 10.1. The molecule has 0 radical (unpaired) electrons. The molecular weight excluding hydrogens is 470 g/mol. The number of nitrogens with zero attached hydrogens (tertiary/aromatic N) is 3. The normalized spacial score (nSPS) is 11.1. The van der Waals surface area contributed by atoms with Gasteiger partial charge in [-0.3, -0.25) is 10.2 Å². The molecule has 1 aromatic heterocycles. The van der Waals surface area contributed by atoms with Gasteiger partial charge in [0.05, 0.1) is 27.0 Å². The fourth-order valence-electron chi connectivity index (χ4n) is 3.33. The highest BCUT2D eigenvalue weighted by Crippen LogP contribution is 2.38. The zero-order chi connectivity index (χ0) is 24.8. The third-order valence-corrected chi connectivity index (χ3v) is 5.28. The van der Waals surface area contributed by atoms with E-state index in [-0.39, 0.29) is 11.4 Å². The number of halogens is 1. The minimum Gasteiger partial charge on any atom is -0.493 e. The van der Waals surface area contributed by atoms with Crippen molar-refractivity contribution in [1.29, 1.82) is 0 Å². The van der Waals surface area contributed by atoms with Gasteiger partial charge in [0.15, 0.2) is 23.0 Å². The van der Waals surface area contributed by atoms with Gasteiger partial charge < -0.3 is 14.2 Å². The fraction of sp³-hybridized carbons (Fsp3) is 0.120. The van der Waals surface area contributed by atoms with Crippen molar-refractivity contribution < 1.29 is 14.2 Å². The molecule has 2 N–H and O–H groups in total. The van der Waals surface area contributed by atoms with Gasteiger partial charge in [0.25, 0.3) is 5.56 Å². The Bertz CT molecular complexity index is 1380. The monoisotopic (exact) mass is 491 g/mol. The Morgan fingerprint density at radius 3 is 2.20 bits per heavy atom. The number of nitrogens with one attached hydrogen (secondary N) is 2. The zero-order valence-corrected chi connectivity index (χ0v) is 20.0. The fourth-order valence-corrected chi connectivity index (χ4v) is 3.46. The number of aromatic nitrogens is 3. The molecule has 1 heterocycles. The smallest absolute Gasteiger partial charge is 0.292 e. The second kappa shape index (κ2) is 10.7. The average Bonchev–Trinajstić information content (AvgIpc) is 2.90. The number of aromatic amines is 1. The first-order valence-electron chi connectivity index (χ1n) is 10.5. The second-order valence-corrected chi connectivity index (χ2v) is 7.63. The van der Waals surface area contributed by atoms with Crippen LogP contribution in [0, 0.1) is 0 Å². The van der Waals surface area contributed by atoms with Crippen LogP contribution in [0.1, 0.15) is 11.3 Å². The molecule has 3 aromatic carbocycles. The number of hydrogen-bond acceptors (Lipinski definition) is 8. The maximum atomic E-state index is 12.9. The van der Waals surface area contributed by atoms with E-state index in [1.807, 2.05) is 30.3 Å². The summed E-state index contributed by atoms with van der Waals surface area (Å²) < 4.78 is 16.4. The summed E-state index contributed by atoms with van der Waals surface area (Å²) in [6, 6.07) is 19.7. The Balaban J connectivity index is 1.90. The van der Waals surface area contributed by atoms with Crippen molar-refractivity contribution >= 4 is 23.0 Å². The van der Waals surface area contributed by atoms with Crippen molar-refractivity contribution in [3.8, 4) is 28.6 Å². The van der Waals surface area contributed by atoms with Gasteiger partial charge in [-0.2, -0.15) is 10.2 Å². The standard InChI is InChI=1S/C25H22ClN5O4/c1-33-19-13-16(14-20(34-2)23(19)35-3)21(29-28-18-11-9-17(26)10-12-18)22-25(32)31-30-24(27-22)15-7-5-4-6-8-15/h4-14,28H,1-3H3,(H,31,32)/b29-21+. The van der Waals surface area contributed by atoms with Crippen LogP contribution in [0.5, 0.6) is 17.2 Å². The van der Waals surface area contributed by atoms with Crippen LogP contribution < -0.4 is 25.2 Å². The quantitative estimate of drug-likeness (QED) is 0.278. The molecule has 178 valence electrons. The summed E-state index contributed by atoms with van der Waals surface area (Å²) in [6.45, 7) is 0. The molecule has 4 rings (SSSR count). The number of hydrogen-bond donors (Lipinski definition) is 2. The number of hydrazone groups is 1. The number of methoxy groups -OCH3 is 3. The van der Waals surface area contributed by atoms with E-state index in [1.165, 1.54) is 21.3 Å². The minimum absolute atomic E-state index is 0.0505. The van der Waals surface area contributed by atoms with Crippen LogP contribution in [-0.4, -0.2) is 42.2 Å². The van der Waals surface area contributed by atoms with Crippen molar-refractivity contribution in [2.45, 2.75) is 0 Å². The summed E-state index contributed by atoms with van der Waals surface area (Å²) in [7, 11) is 4.53. The molecule has 9 nitrogen and oxygen atoms in total. The van der Waals surface area contributed by atoms with Crippen molar-refractivity contribution in [1.82, 2.24) is 15.2 Å². The highest BCUT2D eigenvalue weighted by molar-refractivity contribution is 6.30. The molecule has 0 aliphatic heterocycles. The Hall–Kier alpha value is -4.37. The lowest BCUT2D eigenvalue weighted by Gasteiger charge is -2.15. The van der Waals surface area contributed by atoms with Crippen molar-refractivity contribution in [2.24, 2.45) is 5.10 Å². The van der Waals surface area contributed by atoms with Gasteiger partial charge in [0, 0.05) is 16.1 Å². The van der Waals surface area contributed by atoms with E-state index in [2.05, 4.69) is 25.7 Å². The molecule has 0 saturated heterocycles. The summed E-state index contributed by atoms with van der Waals surface area (Å²) in [5.74, 6) is 1.54. The molecule has 0 aliphatic carbocycles. The van der Waals surface area contributed by atoms with Gasteiger partial charge in [0.2, 0.25) is 5.75 Å². The first kappa shape index (κ1) is 23.8. The Morgan fingerprint density at radius 1 is 0.943 bits per heavy atom. The highest BCUT2D eigenvalue weighted by Gasteiger charge is 2.21. The van der Waals surface area contributed by atoms with Crippen LogP contribution in [0.25, 0.3) is 11.4 Å². The van der Waals surface area contributed by atoms with Gasteiger partial charge in [-0.15, -0.1) is 0 Å². The lowest BCUT2D eigenvalue weighted by molar-refractivity contribution is 0.324. The Kier molecular flexibility index (Phi) is 7.27. The molecule has 0 saturated carbocycles. The molecule has 0 fully saturated rings. The van der Waals surface area contributed by atoms with E-state index < -0.39 is 5.56 Å². The van der Waals surface area contributed by atoms with Crippen molar-refractivity contribution in [3.05, 3.63) is 93.4 Å². The summed E-state index contributed by atoms with van der Waals surface area (Å²) in [5.41, 5.74) is 4.63. The first-order valence-corrected chi connectivity index (χ1v) is 10.8. The highest BCUT2D eigenvalue weighted by atomic mass is 35.5. The van der Waals surface area contributed by atoms with Crippen LogP contribution in [0.3, 0.4) is 0 Å². The molecule has 0 spiro atoms. The maximum absolute atomic E-state index is 12.9. The van der Waals surface area contributed by atoms with E-state index >= 15 is 0 Å². The molecule has 0 aliphatic rings. The Labute approximate surface area is 206 Å². The van der Waals surface area contributed by atoms with E-state index in [9.17, 15) is 4.79 Å². The van der Waals surface area contributed by atoms with E-state index in [0.717, 1.165) is 5.56 Å². The zero-order valence-electron chi connectivity index (χ0n) is 19.2. The number of rotatable bonds is 8. The first-order chi connectivity index (χ1) is 17.0.